The first-order valence-electron chi connectivity index (χ1n) is 10.6. The van der Waals surface area contributed by atoms with Crippen LogP contribution in [0.2, 0.25) is 0 Å². The van der Waals surface area contributed by atoms with Crippen LogP contribution in [0, 0.1) is 13.8 Å². The van der Waals surface area contributed by atoms with Crippen LogP contribution in [-0.2, 0) is 30.8 Å². The average molecular weight is 422 g/mol. The summed E-state index contributed by atoms with van der Waals surface area (Å²) in [6, 6.07) is 9.66. The minimum atomic E-state index is -0.258. The molecular formula is C23H27N5O3. The summed E-state index contributed by atoms with van der Waals surface area (Å²) in [4.78, 5) is 29.1. The Labute approximate surface area is 180 Å². The summed E-state index contributed by atoms with van der Waals surface area (Å²) in [5, 5.41) is 7.17. The molecule has 1 aliphatic rings. The van der Waals surface area contributed by atoms with Gasteiger partial charge in [-0.15, -0.1) is 0 Å². The van der Waals surface area contributed by atoms with Gasteiger partial charge in [-0.3, -0.25) is 9.36 Å². The van der Waals surface area contributed by atoms with E-state index < -0.39 is 0 Å². The summed E-state index contributed by atoms with van der Waals surface area (Å²) in [5.41, 5.74) is 2.79. The zero-order chi connectivity index (χ0) is 21.8. The van der Waals surface area contributed by atoms with Gasteiger partial charge >= 0.3 is 5.69 Å². The molecular weight excluding hydrogens is 394 g/mol. The summed E-state index contributed by atoms with van der Waals surface area (Å²) < 4.78 is 8.82. The van der Waals surface area contributed by atoms with Crippen molar-refractivity contribution in [2.45, 2.75) is 59.2 Å². The first kappa shape index (κ1) is 20.8. The lowest BCUT2D eigenvalue weighted by Gasteiger charge is -2.09. The number of pyridine rings is 1. The Bertz CT molecular complexity index is 1130. The number of amides is 1. The van der Waals surface area contributed by atoms with Gasteiger partial charge in [0.2, 0.25) is 11.8 Å². The molecule has 1 amide bonds. The van der Waals surface area contributed by atoms with Gasteiger partial charge in [0, 0.05) is 31.8 Å². The maximum absolute atomic E-state index is 12.5. The molecule has 2 aromatic heterocycles. The van der Waals surface area contributed by atoms with Crippen LogP contribution < -0.4 is 15.7 Å². The highest BCUT2D eigenvalue weighted by Gasteiger charge is 2.17. The molecule has 0 spiro atoms. The van der Waals surface area contributed by atoms with Crippen LogP contribution in [0.5, 0.6) is 11.6 Å². The van der Waals surface area contributed by atoms with E-state index in [-0.39, 0.29) is 18.1 Å². The van der Waals surface area contributed by atoms with Crippen LogP contribution in [0.1, 0.15) is 41.8 Å². The van der Waals surface area contributed by atoms with Gasteiger partial charge in [0.15, 0.2) is 0 Å². The van der Waals surface area contributed by atoms with Crippen molar-refractivity contribution < 1.29 is 9.53 Å². The van der Waals surface area contributed by atoms with Gasteiger partial charge in [0.1, 0.15) is 18.1 Å². The van der Waals surface area contributed by atoms with E-state index >= 15 is 0 Å². The smallest absolute Gasteiger partial charge is 0.346 e. The first-order chi connectivity index (χ1) is 15.0. The normalized spacial score (nSPS) is 13.4. The number of hydrogen-bond acceptors (Lipinski definition) is 5. The number of aryl methyl sites for hydroxylation is 3. The van der Waals surface area contributed by atoms with Crippen molar-refractivity contribution in [2.24, 2.45) is 0 Å². The molecule has 0 unspecified atom stereocenters. The van der Waals surface area contributed by atoms with Crippen molar-refractivity contribution in [3.8, 4) is 11.6 Å². The zero-order valence-corrected chi connectivity index (χ0v) is 17.9. The van der Waals surface area contributed by atoms with Crippen molar-refractivity contribution in [1.29, 1.82) is 0 Å². The van der Waals surface area contributed by atoms with E-state index in [1.165, 1.54) is 4.68 Å². The molecule has 0 radical (unpaired) electrons. The zero-order valence-electron chi connectivity index (χ0n) is 17.9. The van der Waals surface area contributed by atoms with Gasteiger partial charge in [-0.2, -0.15) is 5.10 Å². The number of fused-ring (bicyclic) bond motifs is 1. The molecule has 0 bridgehead atoms. The van der Waals surface area contributed by atoms with Gasteiger partial charge < -0.3 is 10.1 Å². The van der Waals surface area contributed by atoms with E-state index in [4.69, 9.17) is 4.74 Å². The number of hydrogen-bond donors (Lipinski definition) is 1. The van der Waals surface area contributed by atoms with E-state index in [0.717, 1.165) is 53.9 Å². The summed E-state index contributed by atoms with van der Waals surface area (Å²) in [6.07, 6.45) is 5.56. The number of benzene rings is 1. The quantitative estimate of drug-likeness (QED) is 0.661. The van der Waals surface area contributed by atoms with Crippen molar-refractivity contribution in [1.82, 2.24) is 24.6 Å². The van der Waals surface area contributed by atoms with Gasteiger partial charge in [0.25, 0.3) is 0 Å². The number of carbonyl (C=O) groups excluding carboxylic acids is 1. The standard InChI is InChI=1S/C23H27N5O3/c1-16-7-8-17(2)19(12-16)31-22-10-9-18(14-25-22)13-24-21(29)15-28-23(30)27-11-5-3-4-6-20(27)26-28/h7-10,12,14H,3-6,11,13,15H2,1-2H3,(H,24,29). The molecule has 1 aromatic carbocycles. The monoisotopic (exact) mass is 421 g/mol. The fourth-order valence-corrected chi connectivity index (χ4v) is 3.63. The average Bonchev–Trinajstić information content (AvgIpc) is 2.92. The van der Waals surface area contributed by atoms with Crippen LogP contribution in [0.3, 0.4) is 0 Å². The Kier molecular flexibility index (Phi) is 6.16. The fraction of sp³-hybridized carbons (Fsp3) is 0.391. The number of carbonyl (C=O) groups is 1. The van der Waals surface area contributed by atoms with Crippen LogP contribution >= 0.6 is 0 Å². The largest absolute Gasteiger partial charge is 0.439 e. The molecule has 0 fully saturated rings. The summed E-state index contributed by atoms with van der Waals surface area (Å²) in [7, 11) is 0. The minimum absolute atomic E-state index is 0.0832. The van der Waals surface area contributed by atoms with Crippen molar-refractivity contribution >= 4 is 5.91 Å². The second-order valence-electron chi connectivity index (χ2n) is 7.97. The van der Waals surface area contributed by atoms with Crippen LogP contribution in [0.25, 0.3) is 0 Å². The van der Waals surface area contributed by atoms with Crippen LogP contribution in [0.4, 0.5) is 0 Å². The molecule has 0 atom stereocenters. The summed E-state index contributed by atoms with van der Waals surface area (Å²) >= 11 is 0. The lowest BCUT2D eigenvalue weighted by molar-refractivity contribution is -0.122. The molecule has 3 heterocycles. The number of nitrogens with zero attached hydrogens (tertiary/aromatic N) is 4. The third-order valence-corrected chi connectivity index (χ3v) is 5.42. The highest BCUT2D eigenvalue weighted by molar-refractivity contribution is 5.75. The predicted molar refractivity (Wildman–Crippen MR) is 116 cm³/mol. The molecule has 3 aromatic rings. The third kappa shape index (κ3) is 5.02. The van der Waals surface area contributed by atoms with E-state index in [1.807, 2.05) is 38.1 Å². The van der Waals surface area contributed by atoms with E-state index in [2.05, 4.69) is 15.4 Å². The molecule has 8 heteroatoms. The molecule has 4 rings (SSSR count). The number of ether oxygens (including phenoxy) is 1. The van der Waals surface area contributed by atoms with Crippen LogP contribution in [0.15, 0.2) is 41.3 Å². The minimum Gasteiger partial charge on any atom is -0.439 e. The Morgan fingerprint density at radius 2 is 2.03 bits per heavy atom. The first-order valence-corrected chi connectivity index (χ1v) is 10.6. The summed E-state index contributed by atoms with van der Waals surface area (Å²) in [5.74, 6) is 1.79. The van der Waals surface area contributed by atoms with E-state index in [0.29, 0.717) is 19.0 Å². The fourth-order valence-electron chi connectivity index (χ4n) is 3.63. The van der Waals surface area contributed by atoms with Crippen molar-refractivity contribution in [3.63, 3.8) is 0 Å². The molecule has 0 aliphatic carbocycles. The lowest BCUT2D eigenvalue weighted by atomic mass is 10.1. The molecule has 31 heavy (non-hydrogen) atoms. The summed E-state index contributed by atoms with van der Waals surface area (Å²) in [6.45, 7) is 4.91. The number of aromatic nitrogens is 4. The second kappa shape index (κ2) is 9.16. The Morgan fingerprint density at radius 3 is 2.84 bits per heavy atom. The lowest BCUT2D eigenvalue weighted by Crippen LogP contribution is -2.33. The molecule has 1 N–H and O–H groups in total. The molecule has 1 aliphatic heterocycles. The highest BCUT2D eigenvalue weighted by Crippen LogP contribution is 2.24. The molecule has 0 saturated heterocycles. The van der Waals surface area contributed by atoms with E-state index in [1.54, 1.807) is 16.8 Å². The predicted octanol–water partition coefficient (Wildman–Crippen LogP) is 2.89. The van der Waals surface area contributed by atoms with Gasteiger partial charge in [-0.25, -0.2) is 14.5 Å². The third-order valence-electron chi connectivity index (χ3n) is 5.42. The highest BCUT2D eigenvalue weighted by atomic mass is 16.5. The SMILES string of the molecule is Cc1ccc(C)c(Oc2ccc(CNC(=O)Cn3nc4n(c3=O)CCCCC4)cn2)c1. The van der Waals surface area contributed by atoms with E-state index in [9.17, 15) is 9.59 Å². The molecule has 162 valence electrons. The molecule has 8 nitrogen and oxygen atoms in total. The maximum atomic E-state index is 12.5. The van der Waals surface area contributed by atoms with Crippen molar-refractivity contribution in [3.05, 3.63) is 69.5 Å². The van der Waals surface area contributed by atoms with Gasteiger partial charge in [0.05, 0.1) is 0 Å². The Hall–Kier alpha value is -3.42. The topological polar surface area (TPSA) is 91.0 Å². The molecule has 0 saturated carbocycles. The van der Waals surface area contributed by atoms with Gasteiger partial charge in [-0.1, -0.05) is 24.6 Å². The Balaban J connectivity index is 1.33. The van der Waals surface area contributed by atoms with Crippen LogP contribution in [-0.4, -0.2) is 25.2 Å². The Morgan fingerprint density at radius 1 is 1.16 bits per heavy atom. The maximum Gasteiger partial charge on any atom is 0.346 e. The van der Waals surface area contributed by atoms with Gasteiger partial charge in [-0.05, 0) is 49.4 Å². The number of rotatable bonds is 6. The second-order valence-corrected chi connectivity index (χ2v) is 7.97. The number of nitrogens with one attached hydrogen (secondary N) is 1. The van der Waals surface area contributed by atoms with Crippen molar-refractivity contribution in [2.75, 3.05) is 0 Å².